The number of halogens is 1. The molecule has 0 radical (unpaired) electrons. The Hall–Kier alpha value is -3.63. The van der Waals surface area contributed by atoms with Crippen LogP contribution in [0.5, 0.6) is 5.75 Å². The van der Waals surface area contributed by atoms with Crippen LogP contribution in [0.2, 0.25) is 0 Å². The molecule has 29 heavy (non-hydrogen) atoms. The van der Waals surface area contributed by atoms with E-state index in [9.17, 15) is 9.59 Å². The molecule has 0 atom stereocenters. The van der Waals surface area contributed by atoms with E-state index in [1.807, 2.05) is 24.3 Å². The fourth-order valence-electron chi connectivity index (χ4n) is 2.47. The van der Waals surface area contributed by atoms with Crippen LogP contribution >= 0.6 is 15.9 Å². The van der Waals surface area contributed by atoms with Crippen molar-refractivity contribution in [1.82, 2.24) is 10.9 Å². The topological polar surface area (TPSA) is 91.2 Å². The standard InChI is InChI=1S/C22H16BrN3O3/c23-19-9-5-18(6-10-19)22(28)26-25-21(27)14-29-20-11-7-17(8-12-20)16-3-1-15(13-24)2-4-16/h1-12H,14H2,(H,25,27)(H,26,28). The molecule has 0 bridgehead atoms. The summed E-state index contributed by atoms with van der Waals surface area (Å²) in [6.45, 7) is -0.239. The highest BCUT2D eigenvalue weighted by atomic mass is 79.9. The molecule has 0 aromatic heterocycles. The fraction of sp³-hybridized carbons (Fsp3) is 0.0455. The molecule has 3 rings (SSSR count). The zero-order valence-electron chi connectivity index (χ0n) is 15.2. The van der Waals surface area contributed by atoms with E-state index < -0.39 is 11.8 Å². The molecule has 144 valence electrons. The van der Waals surface area contributed by atoms with Gasteiger partial charge in [0, 0.05) is 10.0 Å². The van der Waals surface area contributed by atoms with Crippen molar-refractivity contribution in [1.29, 1.82) is 5.26 Å². The van der Waals surface area contributed by atoms with Gasteiger partial charge >= 0.3 is 0 Å². The molecule has 3 aromatic carbocycles. The van der Waals surface area contributed by atoms with Gasteiger partial charge in [0.25, 0.3) is 11.8 Å². The van der Waals surface area contributed by atoms with E-state index in [0.29, 0.717) is 16.9 Å². The zero-order valence-corrected chi connectivity index (χ0v) is 16.8. The Morgan fingerprint density at radius 2 is 1.45 bits per heavy atom. The highest BCUT2D eigenvalue weighted by molar-refractivity contribution is 9.10. The number of nitrogens with zero attached hydrogens (tertiary/aromatic N) is 1. The summed E-state index contributed by atoms with van der Waals surface area (Å²) in [6, 6.07) is 23.3. The van der Waals surface area contributed by atoms with Gasteiger partial charge in [-0.3, -0.25) is 20.4 Å². The smallest absolute Gasteiger partial charge is 0.276 e. The van der Waals surface area contributed by atoms with Crippen molar-refractivity contribution in [2.45, 2.75) is 0 Å². The summed E-state index contributed by atoms with van der Waals surface area (Å²) in [5.41, 5.74) is 7.62. The van der Waals surface area contributed by atoms with Crippen LogP contribution in [0.15, 0.2) is 77.3 Å². The van der Waals surface area contributed by atoms with E-state index in [0.717, 1.165) is 15.6 Å². The van der Waals surface area contributed by atoms with Gasteiger partial charge in [-0.25, -0.2) is 0 Å². The van der Waals surface area contributed by atoms with Gasteiger partial charge in [0.2, 0.25) is 0 Å². The maximum Gasteiger partial charge on any atom is 0.276 e. The second-order valence-corrected chi connectivity index (χ2v) is 6.93. The van der Waals surface area contributed by atoms with E-state index in [4.69, 9.17) is 10.00 Å². The maximum atomic E-state index is 11.9. The number of carbonyl (C=O) groups excluding carboxylic acids is 2. The highest BCUT2D eigenvalue weighted by Gasteiger charge is 2.08. The number of hydrogen-bond acceptors (Lipinski definition) is 4. The van der Waals surface area contributed by atoms with E-state index in [1.54, 1.807) is 48.5 Å². The number of hydrogen-bond donors (Lipinski definition) is 2. The molecule has 2 amide bonds. The van der Waals surface area contributed by atoms with Gasteiger partial charge < -0.3 is 4.74 Å². The summed E-state index contributed by atoms with van der Waals surface area (Å²) in [4.78, 5) is 23.8. The van der Waals surface area contributed by atoms with Crippen LogP contribution in [0, 0.1) is 11.3 Å². The third-order valence-corrected chi connectivity index (χ3v) is 4.52. The summed E-state index contributed by atoms with van der Waals surface area (Å²) < 4.78 is 6.29. The van der Waals surface area contributed by atoms with Gasteiger partial charge in [-0.05, 0) is 59.7 Å². The molecule has 0 fully saturated rings. The lowest BCUT2D eigenvalue weighted by molar-refractivity contribution is -0.123. The maximum absolute atomic E-state index is 11.9. The third-order valence-electron chi connectivity index (χ3n) is 3.99. The largest absolute Gasteiger partial charge is 0.484 e. The molecular formula is C22H16BrN3O3. The Morgan fingerprint density at radius 1 is 0.862 bits per heavy atom. The van der Waals surface area contributed by atoms with Crippen molar-refractivity contribution < 1.29 is 14.3 Å². The first-order valence-electron chi connectivity index (χ1n) is 8.63. The van der Waals surface area contributed by atoms with Gasteiger partial charge in [0.15, 0.2) is 6.61 Å². The number of nitrogens with one attached hydrogen (secondary N) is 2. The number of rotatable bonds is 5. The summed E-state index contributed by atoms with van der Waals surface area (Å²) in [5.74, 6) is -0.374. The van der Waals surface area contributed by atoms with Crippen molar-refractivity contribution in [3.63, 3.8) is 0 Å². The zero-order chi connectivity index (χ0) is 20.6. The average Bonchev–Trinajstić information content (AvgIpc) is 2.77. The molecule has 0 heterocycles. The van der Waals surface area contributed by atoms with Crippen molar-refractivity contribution in [2.75, 3.05) is 6.61 Å². The van der Waals surface area contributed by atoms with Crippen molar-refractivity contribution in [2.24, 2.45) is 0 Å². The quantitative estimate of drug-likeness (QED) is 0.579. The third kappa shape index (κ3) is 5.67. The number of ether oxygens (including phenoxy) is 1. The lowest BCUT2D eigenvalue weighted by atomic mass is 10.0. The van der Waals surface area contributed by atoms with Crippen LogP contribution in [0.25, 0.3) is 11.1 Å². The minimum atomic E-state index is -0.480. The van der Waals surface area contributed by atoms with E-state index in [2.05, 4.69) is 32.9 Å². The lowest BCUT2D eigenvalue weighted by Crippen LogP contribution is -2.43. The Balaban J connectivity index is 1.48. The van der Waals surface area contributed by atoms with E-state index in [-0.39, 0.29) is 6.61 Å². The molecule has 0 unspecified atom stereocenters. The highest BCUT2D eigenvalue weighted by Crippen LogP contribution is 2.22. The number of nitriles is 1. The molecule has 0 aliphatic rings. The minimum absolute atomic E-state index is 0.239. The molecule has 0 aliphatic heterocycles. The Labute approximate surface area is 176 Å². The fourth-order valence-corrected chi connectivity index (χ4v) is 2.73. The van der Waals surface area contributed by atoms with Crippen LogP contribution < -0.4 is 15.6 Å². The molecule has 0 saturated carbocycles. The number of hydrazine groups is 1. The van der Waals surface area contributed by atoms with Crippen LogP contribution in [0.3, 0.4) is 0 Å². The van der Waals surface area contributed by atoms with Crippen LogP contribution in [0.4, 0.5) is 0 Å². The van der Waals surface area contributed by atoms with Crippen LogP contribution in [-0.4, -0.2) is 18.4 Å². The van der Waals surface area contributed by atoms with Crippen molar-refractivity contribution >= 4 is 27.7 Å². The summed E-state index contributed by atoms with van der Waals surface area (Å²) in [6.07, 6.45) is 0. The van der Waals surface area contributed by atoms with E-state index >= 15 is 0 Å². The van der Waals surface area contributed by atoms with Gasteiger partial charge in [0.05, 0.1) is 11.6 Å². The average molecular weight is 450 g/mol. The molecule has 7 heteroatoms. The van der Waals surface area contributed by atoms with Crippen molar-refractivity contribution in [3.8, 4) is 22.9 Å². The van der Waals surface area contributed by atoms with Gasteiger partial charge in [-0.1, -0.05) is 40.2 Å². The minimum Gasteiger partial charge on any atom is -0.484 e. The molecule has 0 aliphatic carbocycles. The summed E-state index contributed by atoms with van der Waals surface area (Å²) >= 11 is 3.29. The Morgan fingerprint density at radius 3 is 2.03 bits per heavy atom. The van der Waals surface area contributed by atoms with Gasteiger partial charge in [0.1, 0.15) is 5.75 Å². The predicted molar refractivity (Wildman–Crippen MR) is 112 cm³/mol. The SMILES string of the molecule is N#Cc1ccc(-c2ccc(OCC(=O)NNC(=O)c3ccc(Br)cc3)cc2)cc1. The molecular weight excluding hydrogens is 434 g/mol. The van der Waals surface area contributed by atoms with Crippen molar-refractivity contribution in [3.05, 3.63) is 88.4 Å². The summed E-state index contributed by atoms with van der Waals surface area (Å²) in [7, 11) is 0. The molecule has 0 saturated heterocycles. The first-order chi connectivity index (χ1) is 14.0. The molecule has 2 N–H and O–H groups in total. The second kappa shape index (κ2) is 9.53. The molecule has 0 spiro atoms. The lowest BCUT2D eigenvalue weighted by Gasteiger charge is -2.09. The molecule has 6 nitrogen and oxygen atoms in total. The monoisotopic (exact) mass is 449 g/mol. The first-order valence-corrected chi connectivity index (χ1v) is 9.42. The molecule has 3 aromatic rings. The van der Waals surface area contributed by atoms with Gasteiger partial charge in [-0.2, -0.15) is 5.26 Å². The number of carbonyl (C=O) groups is 2. The van der Waals surface area contributed by atoms with Gasteiger partial charge in [-0.15, -0.1) is 0 Å². The number of benzene rings is 3. The predicted octanol–water partition coefficient (Wildman–Crippen LogP) is 3.83. The van der Waals surface area contributed by atoms with Crippen LogP contribution in [0.1, 0.15) is 15.9 Å². The summed E-state index contributed by atoms with van der Waals surface area (Å²) in [5, 5.41) is 8.85. The first kappa shape index (κ1) is 20.1. The Bertz CT molecular complexity index is 1040. The Kier molecular flexibility index (Phi) is 6.61. The van der Waals surface area contributed by atoms with E-state index in [1.165, 1.54) is 0 Å². The normalized spacial score (nSPS) is 9.93. The second-order valence-electron chi connectivity index (χ2n) is 6.01. The van der Waals surface area contributed by atoms with Crippen LogP contribution in [-0.2, 0) is 4.79 Å². The number of amides is 2.